The Hall–Kier alpha value is -0.120. The van der Waals surface area contributed by atoms with Crippen LogP contribution in [0.4, 0.5) is 0 Å². The molecule has 1 aliphatic carbocycles. The van der Waals surface area contributed by atoms with Gasteiger partial charge in [0.05, 0.1) is 12.7 Å². The number of unbranched alkanes of at least 4 members (excludes halogenated alkanes) is 2. The number of piperidine rings is 1. The van der Waals surface area contributed by atoms with Crippen molar-refractivity contribution in [3.8, 4) is 0 Å². The minimum atomic E-state index is 0. The van der Waals surface area contributed by atoms with Gasteiger partial charge in [0.2, 0.25) is 0 Å². The van der Waals surface area contributed by atoms with Gasteiger partial charge in [0.15, 0.2) is 5.96 Å². The summed E-state index contributed by atoms with van der Waals surface area (Å²) in [6.45, 7) is 7.43. The minimum Gasteiger partial charge on any atom is -0.381 e. The first-order chi connectivity index (χ1) is 14.3. The first kappa shape index (κ1) is 26.1. The van der Waals surface area contributed by atoms with E-state index in [1.54, 1.807) is 0 Å². The van der Waals surface area contributed by atoms with E-state index >= 15 is 0 Å². The number of aliphatic imine (C=N–C) groups is 1. The molecule has 3 rings (SSSR count). The maximum Gasteiger partial charge on any atom is 0.191 e. The van der Waals surface area contributed by atoms with E-state index in [-0.39, 0.29) is 24.0 Å². The van der Waals surface area contributed by atoms with Crippen molar-refractivity contribution in [1.29, 1.82) is 0 Å². The first-order valence-electron chi connectivity index (χ1n) is 12.2. The van der Waals surface area contributed by atoms with E-state index < -0.39 is 0 Å². The van der Waals surface area contributed by atoms with E-state index in [0.717, 1.165) is 38.2 Å². The number of halogens is 1. The van der Waals surface area contributed by atoms with Crippen LogP contribution < -0.4 is 10.6 Å². The van der Waals surface area contributed by atoms with Crippen LogP contribution in [-0.4, -0.2) is 76.1 Å². The second-order valence-corrected chi connectivity index (χ2v) is 9.14. The quantitative estimate of drug-likeness (QED) is 0.193. The molecule has 2 heterocycles. The molecule has 1 saturated carbocycles. The highest BCUT2D eigenvalue weighted by molar-refractivity contribution is 14.0. The summed E-state index contributed by atoms with van der Waals surface area (Å²) in [6, 6.07) is 0.543. The second kappa shape index (κ2) is 15.6. The van der Waals surface area contributed by atoms with E-state index in [9.17, 15) is 0 Å². The van der Waals surface area contributed by atoms with E-state index in [4.69, 9.17) is 9.47 Å². The number of hydrogen-bond donors (Lipinski definition) is 2. The van der Waals surface area contributed by atoms with Crippen molar-refractivity contribution in [2.75, 3.05) is 53.0 Å². The molecule has 1 atom stereocenters. The van der Waals surface area contributed by atoms with E-state index in [2.05, 4.69) is 20.5 Å². The minimum absolute atomic E-state index is 0. The lowest BCUT2D eigenvalue weighted by atomic mass is 9.98. The highest BCUT2D eigenvalue weighted by Crippen LogP contribution is 2.20. The molecule has 0 spiro atoms. The standard InChI is InChI=1S/C23H44N4O2.HI/c1-24-23(25-13-6-3-7-16-29-22-8-4-2-5-9-22)26-21-10-14-27(15-11-21)18-20-12-17-28-19-20;/h20-22H,2-19H2,1H3,(H2,24,25,26);1H. The van der Waals surface area contributed by atoms with Crippen molar-refractivity contribution >= 4 is 29.9 Å². The van der Waals surface area contributed by atoms with Crippen LogP contribution in [-0.2, 0) is 9.47 Å². The molecular weight excluding hydrogens is 491 g/mol. The Balaban J connectivity index is 0.00000320. The number of nitrogens with zero attached hydrogens (tertiary/aromatic N) is 2. The van der Waals surface area contributed by atoms with Crippen LogP contribution in [0.5, 0.6) is 0 Å². The molecule has 7 heteroatoms. The molecule has 0 aromatic carbocycles. The van der Waals surface area contributed by atoms with Gasteiger partial charge in [0.1, 0.15) is 0 Å². The zero-order chi connectivity index (χ0) is 20.2. The van der Waals surface area contributed by atoms with Crippen molar-refractivity contribution in [1.82, 2.24) is 15.5 Å². The van der Waals surface area contributed by atoms with E-state index in [0.29, 0.717) is 12.1 Å². The Kier molecular flexibility index (Phi) is 13.6. The largest absolute Gasteiger partial charge is 0.381 e. The van der Waals surface area contributed by atoms with Gasteiger partial charge in [-0.25, -0.2) is 0 Å². The van der Waals surface area contributed by atoms with Crippen molar-refractivity contribution in [3.05, 3.63) is 0 Å². The van der Waals surface area contributed by atoms with Gasteiger partial charge in [-0.05, 0) is 57.3 Å². The summed E-state index contributed by atoms with van der Waals surface area (Å²) in [5.74, 6) is 1.72. The van der Waals surface area contributed by atoms with Crippen LogP contribution in [0.15, 0.2) is 4.99 Å². The SMILES string of the molecule is CN=C(NCCCCCOC1CCCCC1)NC1CCN(CC2CCOC2)CC1.I. The summed E-state index contributed by atoms with van der Waals surface area (Å²) in [7, 11) is 1.88. The lowest BCUT2D eigenvalue weighted by Gasteiger charge is -2.34. The van der Waals surface area contributed by atoms with Crippen molar-refractivity contribution in [3.63, 3.8) is 0 Å². The topological polar surface area (TPSA) is 58.1 Å². The van der Waals surface area contributed by atoms with Crippen LogP contribution >= 0.6 is 24.0 Å². The number of guanidine groups is 1. The molecule has 2 saturated heterocycles. The number of ether oxygens (including phenoxy) is 2. The second-order valence-electron chi connectivity index (χ2n) is 9.14. The van der Waals surface area contributed by atoms with E-state index in [1.807, 2.05) is 7.05 Å². The molecule has 30 heavy (non-hydrogen) atoms. The molecule has 0 amide bonds. The lowest BCUT2D eigenvalue weighted by molar-refractivity contribution is 0.0264. The Morgan fingerprint density at radius 1 is 1.03 bits per heavy atom. The van der Waals surface area contributed by atoms with Crippen LogP contribution in [0, 0.1) is 5.92 Å². The van der Waals surface area contributed by atoms with Gasteiger partial charge in [-0.15, -0.1) is 24.0 Å². The summed E-state index contributed by atoms with van der Waals surface area (Å²) in [5.41, 5.74) is 0. The smallest absolute Gasteiger partial charge is 0.191 e. The van der Waals surface area contributed by atoms with Crippen LogP contribution in [0.2, 0.25) is 0 Å². The highest BCUT2D eigenvalue weighted by Gasteiger charge is 2.24. The van der Waals surface area contributed by atoms with Gasteiger partial charge >= 0.3 is 0 Å². The number of rotatable bonds is 10. The van der Waals surface area contributed by atoms with Crippen LogP contribution in [0.1, 0.15) is 70.6 Å². The van der Waals surface area contributed by atoms with Crippen LogP contribution in [0.25, 0.3) is 0 Å². The molecule has 2 N–H and O–H groups in total. The van der Waals surface area contributed by atoms with Gasteiger partial charge in [0.25, 0.3) is 0 Å². The third-order valence-electron chi connectivity index (χ3n) is 6.71. The molecule has 2 aliphatic heterocycles. The summed E-state index contributed by atoms with van der Waals surface area (Å²) in [5, 5.41) is 7.12. The summed E-state index contributed by atoms with van der Waals surface area (Å²) >= 11 is 0. The Morgan fingerprint density at radius 3 is 2.53 bits per heavy atom. The molecule has 0 aromatic rings. The lowest BCUT2D eigenvalue weighted by Crippen LogP contribution is -2.49. The zero-order valence-corrected chi connectivity index (χ0v) is 21.4. The molecule has 0 bridgehead atoms. The van der Waals surface area contributed by atoms with Gasteiger partial charge in [-0.1, -0.05) is 19.3 Å². The number of likely N-dealkylation sites (tertiary alicyclic amines) is 1. The average molecular weight is 537 g/mol. The van der Waals surface area contributed by atoms with E-state index in [1.165, 1.54) is 90.3 Å². The molecule has 3 aliphatic rings. The molecule has 3 fully saturated rings. The molecule has 0 radical (unpaired) electrons. The maximum atomic E-state index is 6.02. The predicted molar refractivity (Wildman–Crippen MR) is 135 cm³/mol. The molecule has 1 unspecified atom stereocenters. The maximum absolute atomic E-state index is 6.02. The average Bonchev–Trinajstić information content (AvgIpc) is 3.27. The fraction of sp³-hybridized carbons (Fsp3) is 0.957. The van der Waals surface area contributed by atoms with Gasteiger partial charge in [-0.3, -0.25) is 4.99 Å². The summed E-state index contributed by atoms with van der Waals surface area (Å²) in [4.78, 5) is 7.03. The molecular formula is C23H45IN4O2. The van der Waals surface area contributed by atoms with Gasteiger partial charge in [-0.2, -0.15) is 0 Å². The fourth-order valence-corrected chi connectivity index (χ4v) is 4.83. The zero-order valence-electron chi connectivity index (χ0n) is 19.1. The Bertz CT molecular complexity index is 460. The van der Waals surface area contributed by atoms with Gasteiger partial charge in [0, 0.05) is 52.5 Å². The fourth-order valence-electron chi connectivity index (χ4n) is 4.83. The number of hydrogen-bond acceptors (Lipinski definition) is 4. The first-order valence-corrected chi connectivity index (χ1v) is 12.2. The Labute approximate surface area is 201 Å². The van der Waals surface area contributed by atoms with Gasteiger partial charge < -0.3 is 25.0 Å². The van der Waals surface area contributed by atoms with Crippen LogP contribution in [0.3, 0.4) is 0 Å². The third-order valence-corrected chi connectivity index (χ3v) is 6.71. The normalized spacial score (nSPS) is 24.6. The summed E-state index contributed by atoms with van der Waals surface area (Å²) < 4.78 is 11.5. The molecule has 6 nitrogen and oxygen atoms in total. The third kappa shape index (κ3) is 10.0. The number of nitrogens with one attached hydrogen (secondary N) is 2. The van der Waals surface area contributed by atoms with Crippen molar-refractivity contribution in [2.45, 2.75) is 82.8 Å². The highest BCUT2D eigenvalue weighted by atomic mass is 127. The summed E-state index contributed by atoms with van der Waals surface area (Å²) in [6.07, 6.45) is 14.4. The molecule has 0 aromatic heterocycles. The van der Waals surface area contributed by atoms with Crippen molar-refractivity contribution in [2.24, 2.45) is 10.9 Å². The Morgan fingerprint density at radius 2 is 1.83 bits per heavy atom. The predicted octanol–water partition coefficient (Wildman–Crippen LogP) is 3.79. The van der Waals surface area contributed by atoms with Crippen molar-refractivity contribution < 1.29 is 9.47 Å². The monoisotopic (exact) mass is 536 g/mol. The molecule has 176 valence electrons.